The van der Waals surface area contributed by atoms with Crippen LogP contribution in [-0.2, 0) is 18.5 Å². The third-order valence-corrected chi connectivity index (χ3v) is 3.34. The summed E-state index contributed by atoms with van der Waals surface area (Å²) in [6, 6.07) is 0. The second kappa shape index (κ2) is 2.79. The van der Waals surface area contributed by atoms with Crippen molar-refractivity contribution in [2.24, 2.45) is 5.73 Å². The van der Waals surface area contributed by atoms with Crippen LogP contribution in [0.5, 0.6) is 0 Å². The molecule has 1 aromatic rings. The van der Waals surface area contributed by atoms with Crippen LogP contribution in [0.3, 0.4) is 0 Å². The molecule has 4 nitrogen and oxygen atoms in total. The number of hydrogen-bond acceptors (Lipinski definition) is 3. The van der Waals surface area contributed by atoms with Gasteiger partial charge in [0, 0.05) is 13.0 Å². The Bertz CT molecular complexity index is 351. The van der Waals surface area contributed by atoms with Crippen molar-refractivity contribution in [1.82, 2.24) is 14.8 Å². The Labute approximate surface area is 83.5 Å². The second-order valence-electron chi connectivity index (χ2n) is 4.56. The van der Waals surface area contributed by atoms with Gasteiger partial charge in [0.1, 0.15) is 5.82 Å². The first-order chi connectivity index (χ1) is 6.80. The van der Waals surface area contributed by atoms with Gasteiger partial charge in [-0.05, 0) is 25.7 Å². The summed E-state index contributed by atoms with van der Waals surface area (Å²) < 4.78 is 2.26. The van der Waals surface area contributed by atoms with Gasteiger partial charge in [0.15, 0.2) is 5.82 Å². The standard InChI is InChI=1S/C10H16N4/c11-10(5-6-10)9-13-12-8-4-2-1-3-7-14(8)9/h1-7,11H2. The largest absolute Gasteiger partial charge is 0.319 e. The minimum atomic E-state index is -0.129. The van der Waals surface area contributed by atoms with Gasteiger partial charge < -0.3 is 10.3 Å². The van der Waals surface area contributed by atoms with Crippen LogP contribution in [-0.4, -0.2) is 14.8 Å². The first kappa shape index (κ1) is 8.41. The van der Waals surface area contributed by atoms with Gasteiger partial charge in [-0.25, -0.2) is 0 Å². The van der Waals surface area contributed by atoms with E-state index in [0.29, 0.717) is 0 Å². The Balaban J connectivity index is 2.01. The average Bonchev–Trinajstić information content (AvgIpc) is 2.86. The molecule has 1 aliphatic heterocycles. The maximum Gasteiger partial charge on any atom is 0.153 e. The lowest BCUT2D eigenvalue weighted by Gasteiger charge is -2.11. The van der Waals surface area contributed by atoms with Gasteiger partial charge in [-0.1, -0.05) is 6.42 Å². The van der Waals surface area contributed by atoms with Crippen LogP contribution in [0, 0.1) is 0 Å². The topological polar surface area (TPSA) is 56.7 Å². The van der Waals surface area contributed by atoms with Crippen molar-refractivity contribution >= 4 is 0 Å². The lowest BCUT2D eigenvalue weighted by Crippen LogP contribution is -2.24. The lowest BCUT2D eigenvalue weighted by atomic mass is 10.2. The molecule has 1 saturated carbocycles. The molecule has 14 heavy (non-hydrogen) atoms. The van der Waals surface area contributed by atoms with Gasteiger partial charge in [0.05, 0.1) is 5.54 Å². The molecular formula is C10H16N4. The number of nitrogens with two attached hydrogens (primary N) is 1. The van der Waals surface area contributed by atoms with E-state index in [2.05, 4.69) is 14.8 Å². The predicted molar refractivity (Wildman–Crippen MR) is 52.7 cm³/mol. The number of rotatable bonds is 1. The fraction of sp³-hybridized carbons (Fsp3) is 0.800. The second-order valence-corrected chi connectivity index (χ2v) is 4.56. The Morgan fingerprint density at radius 3 is 2.79 bits per heavy atom. The highest BCUT2D eigenvalue weighted by molar-refractivity contribution is 5.17. The molecule has 76 valence electrons. The van der Waals surface area contributed by atoms with E-state index in [4.69, 9.17) is 5.73 Å². The number of aromatic nitrogens is 3. The van der Waals surface area contributed by atoms with Crippen molar-refractivity contribution in [2.75, 3.05) is 0 Å². The molecule has 0 radical (unpaired) electrons. The summed E-state index contributed by atoms with van der Waals surface area (Å²) in [7, 11) is 0. The molecule has 1 aliphatic carbocycles. The molecule has 0 bridgehead atoms. The van der Waals surface area contributed by atoms with Crippen molar-refractivity contribution in [2.45, 2.75) is 50.6 Å². The van der Waals surface area contributed by atoms with E-state index < -0.39 is 0 Å². The molecule has 2 N–H and O–H groups in total. The minimum absolute atomic E-state index is 0.129. The van der Waals surface area contributed by atoms with Crippen LogP contribution in [0.15, 0.2) is 0 Å². The van der Waals surface area contributed by atoms with Crippen molar-refractivity contribution in [3.05, 3.63) is 11.6 Å². The summed E-state index contributed by atoms with van der Waals surface area (Å²) in [4.78, 5) is 0. The van der Waals surface area contributed by atoms with Gasteiger partial charge in [0.25, 0.3) is 0 Å². The summed E-state index contributed by atoms with van der Waals surface area (Å²) in [5.74, 6) is 2.18. The Kier molecular flexibility index (Phi) is 1.68. The van der Waals surface area contributed by atoms with Gasteiger partial charge in [0.2, 0.25) is 0 Å². The zero-order chi connectivity index (χ0) is 9.60. The number of fused-ring (bicyclic) bond motifs is 1. The number of aryl methyl sites for hydroxylation is 1. The number of nitrogens with zero attached hydrogens (tertiary/aromatic N) is 3. The quantitative estimate of drug-likeness (QED) is 0.720. The van der Waals surface area contributed by atoms with E-state index in [9.17, 15) is 0 Å². The monoisotopic (exact) mass is 192 g/mol. The van der Waals surface area contributed by atoms with E-state index in [1.54, 1.807) is 0 Å². The molecule has 2 aliphatic rings. The molecule has 0 amide bonds. The lowest BCUT2D eigenvalue weighted by molar-refractivity contribution is 0.555. The van der Waals surface area contributed by atoms with Crippen LogP contribution in [0.4, 0.5) is 0 Å². The van der Waals surface area contributed by atoms with Crippen molar-refractivity contribution in [3.8, 4) is 0 Å². The van der Waals surface area contributed by atoms with E-state index in [1.807, 2.05) is 0 Å². The third kappa shape index (κ3) is 1.17. The highest BCUT2D eigenvalue weighted by Crippen LogP contribution is 2.42. The normalized spacial score (nSPS) is 24.1. The molecule has 2 heterocycles. The Morgan fingerprint density at radius 2 is 2.00 bits per heavy atom. The molecule has 1 fully saturated rings. The Morgan fingerprint density at radius 1 is 1.14 bits per heavy atom. The molecule has 0 unspecified atom stereocenters. The van der Waals surface area contributed by atoms with Gasteiger partial charge in [-0.15, -0.1) is 10.2 Å². The van der Waals surface area contributed by atoms with Crippen LogP contribution >= 0.6 is 0 Å². The molecule has 3 rings (SSSR count). The molecule has 0 saturated heterocycles. The van der Waals surface area contributed by atoms with E-state index in [-0.39, 0.29) is 5.54 Å². The zero-order valence-corrected chi connectivity index (χ0v) is 8.37. The van der Waals surface area contributed by atoms with Crippen molar-refractivity contribution < 1.29 is 0 Å². The van der Waals surface area contributed by atoms with Gasteiger partial charge in [-0.3, -0.25) is 0 Å². The maximum atomic E-state index is 6.16. The molecule has 0 atom stereocenters. The van der Waals surface area contributed by atoms with Crippen LogP contribution in [0.2, 0.25) is 0 Å². The predicted octanol–water partition coefficient (Wildman–Crippen LogP) is 0.952. The minimum Gasteiger partial charge on any atom is -0.319 e. The van der Waals surface area contributed by atoms with Crippen molar-refractivity contribution in [1.29, 1.82) is 0 Å². The highest BCUT2D eigenvalue weighted by Gasteiger charge is 2.45. The van der Waals surface area contributed by atoms with Gasteiger partial charge >= 0.3 is 0 Å². The SMILES string of the molecule is NC1(c2nnc3n2CCCCC3)CC1. The summed E-state index contributed by atoms with van der Waals surface area (Å²) >= 11 is 0. The highest BCUT2D eigenvalue weighted by atomic mass is 15.3. The molecule has 0 aromatic carbocycles. The summed E-state index contributed by atoms with van der Waals surface area (Å²) in [6.45, 7) is 1.07. The van der Waals surface area contributed by atoms with Crippen LogP contribution in [0.1, 0.15) is 43.8 Å². The smallest absolute Gasteiger partial charge is 0.153 e. The van der Waals surface area contributed by atoms with Crippen LogP contribution in [0.25, 0.3) is 0 Å². The summed E-state index contributed by atoms with van der Waals surface area (Å²) in [5, 5.41) is 8.52. The first-order valence-electron chi connectivity index (χ1n) is 5.51. The fourth-order valence-electron chi connectivity index (χ4n) is 2.21. The molecule has 1 aromatic heterocycles. The number of hydrogen-bond donors (Lipinski definition) is 1. The summed E-state index contributed by atoms with van der Waals surface area (Å²) in [5.41, 5.74) is 6.03. The molecular weight excluding hydrogens is 176 g/mol. The zero-order valence-electron chi connectivity index (χ0n) is 8.37. The van der Waals surface area contributed by atoms with Gasteiger partial charge in [-0.2, -0.15) is 0 Å². The Hall–Kier alpha value is -0.900. The average molecular weight is 192 g/mol. The maximum absolute atomic E-state index is 6.16. The van der Waals surface area contributed by atoms with E-state index >= 15 is 0 Å². The fourth-order valence-corrected chi connectivity index (χ4v) is 2.21. The third-order valence-electron chi connectivity index (χ3n) is 3.34. The van der Waals surface area contributed by atoms with E-state index in [0.717, 1.165) is 37.5 Å². The van der Waals surface area contributed by atoms with Crippen molar-refractivity contribution in [3.63, 3.8) is 0 Å². The molecule has 4 heteroatoms. The van der Waals surface area contributed by atoms with Crippen LogP contribution < -0.4 is 5.73 Å². The summed E-state index contributed by atoms with van der Waals surface area (Å²) in [6.07, 6.45) is 7.02. The molecule has 0 spiro atoms. The first-order valence-corrected chi connectivity index (χ1v) is 5.51. The van der Waals surface area contributed by atoms with E-state index in [1.165, 1.54) is 19.3 Å².